The molecular formula is C19H18FN3O2S2. The van der Waals surface area contributed by atoms with E-state index in [0.29, 0.717) is 25.4 Å². The number of morpholine rings is 1. The van der Waals surface area contributed by atoms with Crippen LogP contribution < -0.4 is 0 Å². The molecule has 0 radical (unpaired) electrons. The zero-order valence-electron chi connectivity index (χ0n) is 14.7. The van der Waals surface area contributed by atoms with Crippen LogP contribution in [0.5, 0.6) is 0 Å². The van der Waals surface area contributed by atoms with Crippen LogP contribution >= 0.6 is 23.1 Å². The Morgan fingerprint density at radius 3 is 2.96 bits per heavy atom. The summed E-state index contributed by atoms with van der Waals surface area (Å²) in [4.78, 5) is 24.0. The molecular weight excluding hydrogens is 385 g/mol. The van der Waals surface area contributed by atoms with Crippen LogP contribution in [0.25, 0.3) is 21.3 Å². The monoisotopic (exact) mass is 403 g/mol. The fourth-order valence-corrected chi connectivity index (χ4v) is 4.96. The molecule has 5 nitrogen and oxygen atoms in total. The maximum Gasteiger partial charge on any atom is 0.233 e. The van der Waals surface area contributed by atoms with E-state index in [0.717, 1.165) is 26.4 Å². The topological polar surface area (TPSA) is 55.3 Å². The minimum absolute atomic E-state index is 0.0698. The van der Waals surface area contributed by atoms with E-state index in [9.17, 15) is 9.18 Å². The van der Waals surface area contributed by atoms with Crippen molar-refractivity contribution in [2.75, 3.05) is 25.4 Å². The third kappa shape index (κ3) is 3.97. The third-order valence-electron chi connectivity index (χ3n) is 4.42. The summed E-state index contributed by atoms with van der Waals surface area (Å²) in [5.74, 6) is 0.132. The number of aromatic nitrogens is 2. The molecule has 1 aromatic carbocycles. The highest BCUT2D eigenvalue weighted by Gasteiger charge is 2.22. The average molecular weight is 404 g/mol. The number of hydrogen-bond acceptors (Lipinski definition) is 6. The first-order chi connectivity index (χ1) is 13.1. The second kappa shape index (κ2) is 7.92. The summed E-state index contributed by atoms with van der Waals surface area (Å²) in [6.45, 7) is 3.80. The predicted molar refractivity (Wildman–Crippen MR) is 106 cm³/mol. The number of halogens is 1. The Balaban J connectivity index is 1.57. The number of carbonyl (C=O) groups excluding carboxylic acids is 1. The second-order valence-electron chi connectivity index (χ2n) is 6.33. The first kappa shape index (κ1) is 18.3. The number of hydrogen-bond donors (Lipinski definition) is 0. The van der Waals surface area contributed by atoms with Gasteiger partial charge in [0.15, 0.2) is 0 Å². The quantitative estimate of drug-likeness (QED) is 0.489. The van der Waals surface area contributed by atoms with Crippen molar-refractivity contribution in [3.05, 3.63) is 41.8 Å². The third-order valence-corrected chi connectivity index (χ3v) is 6.28. The molecule has 1 aliphatic heterocycles. The van der Waals surface area contributed by atoms with E-state index in [1.165, 1.54) is 41.6 Å². The molecule has 1 atom stereocenters. The van der Waals surface area contributed by atoms with Crippen molar-refractivity contribution in [1.82, 2.24) is 14.9 Å². The Labute approximate surface area is 164 Å². The molecule has 1 unspecified atom stereocenters. The molecule has 0 saturated carbocycles. The molecule has 1 saturated heterocycles. The second-order valence-corrected chi connectivity index (χ2v) is 8.15. The van der Waals surface area contributed by atoms with E-state index in [2.05, 4.69) is 9.97 Å². The van der Waals surface area contributed by atoms with E-state index in [4.69, 9.17) is 4.74 Å². The lowest BCUT2D eigenvalue weighted by Crippen LogP contribution is -2.45. The van der Waals surface area contributed by atoms with E-state index >= 15 is 0 Å². The first-order valence-electron chi connectivity index (χ1n) is 8.62. The van der Waals surface area contributed by atoms with Crippen LogP contribution in [0.3, 0.4) is 0 Å². The zero-order chi connectivity index (χ0) is 18.8. The van der Waals surface area contributed by atoms with E-state index in [1.807, 2.05) is 17.2 Å². The number of amides is 1. The Kier molecular flexibility index (Phi) is 5.38. The van der Waals surface area contributed by atoms with Crippen LogP contribution in [0.2, 0.25) is 0 Å². The molecule has 1 aliphatic rings. The smallest absolute Gasteiger partial charge is 0.233 e. The minimum atomic E-state index is -0.269. The van der Waals surface area contributed by atoms with Gasteiger partial charge in [0.05, 0.1) is 23.8 Å². The molecule has 2 aromatic heterocycles. The van der Waals surface area contributed by atoms with Crippen LogP contribution in [0, 0.1) is 5.82 Å². The van der Waals surface area contributed by atoms with Gasteiger partial charge in [0, 0.05) is 24.0 Å². The highest BCUT2D eigenvalue weighted by atomic mass is 32.2. The van der Waals surface area contributed by atoms with Gasteiger partial charge >= 0.3 is 0 Å². The number of ether oxygens (including phenoxy) is 1. The van der Waals surface area contributed by atoms with Gasteiger partial charge in [0.1, 0.15) is 22.0 Å². The predicted octanol–water partition coefficient (Wildman–Crippen LogP) is 3.84. The number of nitrogens with zero attached hydrogens (tertiary/aromatic N) is 3. The van der Waals surface area contributed by atoms with Gasteiger partial charge < -0.3 is 9.64 Å². The number of fused-ring (bicyclic) bond motifs is 1. The number of rotatable bonds is 4. The average Bonchev–Trinajstić information content (AvgIpc) is 3.11. The molecule has 0 aliphatic carbocycles. The van der Waals surface area contributed by atoms with E-state index < -0.39 is 0 Å². The summed E-state index contributed by atoms with van der Waals surface area (Å²) < 4.78 is 18.8. The van der Waals surface area contributed by atoms with Crippen LogP contribution in [-0.4, -0.2) is 52.3 Å². The van der Waals surface area contributed by atoms with Crippen molar-refractivity contribution in [2.24, 2.45) is 0 Å². The highest BCUT2D eigenvalue weighted by Crippen LogP contribution is 2.37. The highest BCUT2D eigenvalue weighted by molar-refractivity contribution is 8.00. The molecule has 0 N–H and O–H groups in total. The molecule has 8 heteroatoms. The summed E-state index contributed by atoms with van der Waals surface area (Å²) >= 11 is 2.94. The fraction of sp³-hybridized carbons (Fsp3) is 0.316. The van der Waals surface area contributed by atoms with Crippen LogP contribution in [0.15, 0.2) is 41.0 Å². The van der Waals surface area contributed by atoms with Gasteiger partial charge in [-0.2, -0.15) is 0 Å². The Bertz CT molecular complexity index is 961. The van der Waals surface area contributed by atoms with E-state index in [-0.39, 0.29) is 17.8 Å². The van der Waals surface area contributed by atoms with Gasteiger partial charge in [-0.15, -0.1) is 11.3 Å². The molecule has 0 bridgehead atoms. The number of thiophene rings is 1. The van der Waals surface area contributed by atoms with Crippen molar-refractivity contribution in [1.29, 1.82) is 0 Å². The van der Waals surface area contributed by atoms with Crippen molar-refractivity contribution >= 4 is 39.2 Å². The summed E-state index contributed by atoms with van der Waals surface area (Å²) in [6.07, 6.45) is 1.59. The normalized spacial score (nSPS) is 17.4. The van der Waals surface area contributed by atoms with Gasteiger partial charge in [0.25, 0.3) is 0 Å². The number of carbonyl (C=O) groups is 1. The molecule has 3 aromatic rings. The maximum atomic E-state index is 13.3. The number of thioether (sulfide) groups is 1. The van der Waals surface area contributed by atoms with Crippen LogP contribution in [-0.2, 0) is 9.53 Å². The molecule has 0 spiro atoms. The van der Waals surface area contributed by atoms with Crippen molar-refractivity contribution in [3.63, 3.8) is 0 Å². The summed E-state index contributed by atoms with van der Waals surface area (Å²) in [5, 5.41) is 3.69. The Morgan fingerprint density at radius 2 is 2.19 bits per heavy atom. The first-order valence-corrected chi connectivity index (χ1v) is 10.5. The Hall–Kier alpha value is -2.03. The van der Waals surface area contributed by atoms with Gasteiger partial charge in [-0.1, -0.05) is 23.9 Å². The molecule has 27 heavy (non-hydrogen) atoms. The lowest BCUT2D eigenvalue weighted by molar-refractivity contribution is -0.135. The SMILES string of the molecule is CC1CN(C(=O)CSc2ncnc3scc(-c4ccc(F)cc4)c23)CCO1. The zero-order valence-corrected chi connectivity index (χ0v) is 16.4. The minimum Gasteiger partial charge on any atom is -0.375 e. The van der Waals surface area contributed by atoms with Crippen molar-refractivity contribution in [2.45, 2.75) is 18.1 Å². The molecule has 1 fully saturated rings. The van der Waals surface area contributed by atoms with Gasteiger partial charge in [-0.25, -0.2) is 14.4 Å². The van der Waals surface area contributed by atoms with Crippen LogP contribution in [0.4, 0.5) is 4.39 Å². The molecule has 4 rings (SSSR count). The van der Waals surface area contributed by atoms with Crippen molar-refractivity contribution in [3.8, 4) is 11.1 Å². The molecule has 1 amide bonds. The number of benzene rings is 1. The summed E-state index contributed by atoms with van der Waals surface area (Å²) in [7, 11) is 0. The maximum absolute atomic E-state index is 13.3. The van der Waals surface area contributed by atoms with Gasteiger partial charge in [-0.3, -0.25) is 4.79 Å². The lowest BCUT2D eigenvalue weighted by atomic mass is 10.1. The van der Waals surface area contributed by atoms with Crippen molar-refractivity contribution < 1.29 is 13.9 Å². The van der Waals surface area contributed by atoms with Gasteiger partial charge in [0.2, 0.25) is 5.91 Å². The van der Waals surface area contributed by atoms with Gasteiger partial charge in [-0.05, 0) is 24.6 Å². The fourth-order valence-electron chi connectivity index (χ4n) is 3.07. The van der Waals surface area contributed by atoms with E-state index in [1.54, 1.807) is 12.1 Å². The van der Waals surface area contributed by atoms with Crippen LogP contribution in [0.1, 0.15) is 6.92 Å². The largest absolute Gasteiger partial charge is 0.375 e. The standard InChI is InChI=1S/C19H18FN3O2S2/c1-12-8-23(6-7-25-12)16(24)10-27-19-17-15(9-26-18(17)21-11-22-19)13-2-4-14(20)5-3-13/h2-5,9,11-12H,6-8,10H2,1H3. The molecule has 140 valence electrons. The Morgan fingerprint density at radius 1 is 1.37 bits per heavy atom. The molecule has 3 heterocycles. The lowest BCUT2D eigenvalue weighted by Gasteiger charge is -2.31. The summed E-state index contributed by atoms with van der Waals surface area (Å²) in [5.41, 5.74) is 1.87. The summed E-state index contributed by atoms with van der Waals surface area (Å²) in [6, 6.07) is 6.38.